The first kappa shape index (κ1) is 30.8. The van der Waals surface area contributed by atoms with Gasteiger partial charge in [0.25, 0.3) is 0 Å². The van der Waals surface area contributed by atoms with Crippen LogP contribution in [0.1, 0.15) is 56.3 Å². The highest BCUT2D eigenvalue weighted by atomic mass is 35.5. The summed E-state index contributed by atoms with van der Waals surface area (Å²) in [5.41, 5.74) is 3.30. The lowest BCUT2D eigenvalue weighted by Crippen LogP contribution is -2.62. The molecule has 2 aromatic rings. The smallest absolute Gasteiger partial charge is 0.409 e. The summed E-state index contributed by atoms with van der Waals surface area (Å²) in [5.74, 6) is -0.692. The summed E-state index contributed by atoms with van der Waals surface area (Å²) in [6.45, 7) is 7.31. The number of hydrogen-bond acceptors (Lipinski definition) is 6. The molecule has 4 rings (SSSR count). The lowest BCUT2D eigenvalue weighted by molar-refractivity contribution is -0.153. The highest BCUT2D eigenvalue weighted by Gasteiger charge is 2.38. The monoisotopic (exact) mass is 583 g/mol. The quantitative estimate of drug-likeness (QED) is 0.414. The van der Waals surface area contributed by atoms with E-state index in [0.29, 0.717) is 31.2 Å². The van der Waals surface area contributed by atoms with Gasteiger partial charge in [0.1, 0.15) is 6.04 Å². The van der Waals surface area contributed by atoms with Gasteiger partial charge in [0.2, 0.25) is 11.8 Å². The average Bonchev–Trinajstić information content (AvgIpc) is 2.96. The molecule has 1 fully saturated rings. The number of fused-ring (bicyclic) bond motifs is 1. The maximum absolute atomic E-state index is 13.9. The summed E-state index contributed by atoms with van der Waals surface area (Å²) < 4.78 is 6.00. The Balaban J connectivity index is 1.52. The molecule has 1 heterocycles. The molecule has 41 heavy (non-hydrogen) atoms. The number of rotatable bonds is 9. The Morgan fingerprint density at radius 1 is 1.05 bits per heavy atom. The van der Waals surface area contributed by atoms with Crippen LogP contribution in [0.2, 0.25) is 5.02 Å². The van der Waals surface area contributed by atoms with Gasteiger partial charge in [-0.05, 0) is 61.9 Å². The van der Waals surface area contributed by atoms with E-state index in [4.69, 9.17) is 16.3 Å². The van der Waals surface area contributed by atoms with E-state index in [1.807, 2.05) is 56.3 Å². The molecule has 10 heteroatoms. The third-order valence-corrected chi connectivity index (χ3v) is 8.38. The van der Waals surface area contributed by atoms with Crippen LogP contribution in [0.15, 0.2) is 48.5 Å². The zero-order chi connectivity index (χ0) is 29.5. The minimum absolute atomic E-state index is 0.148. The minimum Gasteiger partial charge on any atom is -0.424 e. The molecule has 9 nitrogen and oxygen atoms in total. The van der Waals surface area contributed by atoms with Gasteiger partial charge in [-0.2, -0.15) is 0 Å². The number of carbonyl (C=O) groups is 3. The molecule has 1 aliphatic carbocycles. The van der Waals surface area contributed by atoms with Crippen LogP contribution in [0, 0.1) is 5.92 Å². The van der Waals surface area contributed by atoms with Gasteiger partial charge < -0.3 is 25.6 Å². The molecule has 1 unspecified atom stereocenters. The van der Waals surface area contributed by atoms with Crippen molar-refractivity contribution in [2.45, 2.75) is 70.9 Å². The number of aryl methyl sites for hydroxylation is 1. The molecular weight excluding hydrogens is 542 g/mol. The summed E-state index contributed by atoms with van der Waals surface area (Å²) in [4.78, 5) is 43.6. The summed E-state index contributed by atoms with van der Waals surface area (Å²) in [6, 6.07) is 14.4. The molecule has 0 saturated carbocycles. The van der Waals surface area contributed by atoms with Crippen LogP contribution in [0.5, 0.6) is 0 Å². The van der Waals surface area contributed by atoms with E-state index >= 15 is 0 Å². The molecule has 2 aliphatic rings. The van der Waals surface area contributed by atoms with Gasteiger partial charge in [0.05, 0.1) is 18.6 Å². The highest BCUT2D eigenvalue weighted by Crippen LogP contribution is 2.30. The minimum atomic E-state index is -0.836. The maximum Gasteiger partial charge on any atom is 0.409 e. The average molecular weight is 584 g/mol. The first-order chi connectivity index (χ1) is 19.7. The number of ether oxygens (including phenoxy) is 1. The third kappa shape index (κ3) is 7.78. The van der Waals surface area contributed by atoms with Crippen LogP contribution < -0.4 is 16.0 Å². The van der Waals surface area contributed by atoms with Crippen molar-refractivity contribution in [3.63, 3.8) is 0 Å². The van der Waals surface area contributed by atoms with Gasteiger partial charge in [-0.15, -0.1) is 0 Å². The van der Waals surface area contributed by atoms with E-state index in [2.05, 4.69) is 26.9 Å². The number of hydrogen-bond donors (Lipinski definition) is 3. The fourth-order valence-electron chi connectivity index (χ4n) is 5.47. The largest absolute Gasteiger partial charge is 0.424 e. The zero-order valence-corrected chi connectivity index (χ0v) is 25.1. The lowest BCUT2D eigenvalue weighted by atomic mass is 9.88. The Labute approximate surface area is 247 Å². The number of piperazine rings is 1. The van der Waals surface area contributed by atoms with E-state index in [1.165, 1.54) is 5.56 Å². The second-order valence-corrected chi connectivity index (χ2v) is 11.7. The van der Waals surface area contributed by atoms with Crippen LogP contribution in [0.4, 0.5) is 4.79 Å². The lowest BCUT2D eigenvalue weighted by Gasteiger charge is -2.42. The van der Waals surface area contributed by atoms with E-state index in [9.17, 15) is 14.4 Å². The second-order valence-electron chi connectivity index (χ2n) is 11.2. The zero-order valence-electron chi connectivity index (χ0n) is 24.4. The molecule has 0 spiro atoms. The maximum atomic E-state index is 13.9. The number of nitrogens with one attached hydrogen (secondary N) is 3. The summed E-state index contributed by atoms with van der Waals surface area (Å²) in [5, 5.41) is 9.51. The SMILES string of the molecule is CN[C@@H](C)C(=O)N[C@H](C(=O)N1CCN(Cc2ccccc2Cl)C[C@@H]1OC(=O)NC1CCCc2ccccc21)C(C)C. The molecule has 1 aliphatic heterocycles. The molecule has 0 aromatic heterocycles. The van der Waals surface area contributed by atoms with Crippen LogP contribution in [-0.2, 0) is 27.3 Å². The van der Waals surface area contributed by atoms with Gasteiger partial charge in [0, 0.05) is 24.7 Å². The third-order valence-electron chi connectivity index (χ3n) is 8.02. The van der Waals surface area contributed by atoms with E-state index in [0.717, 1.165) is 30.4 Å². The van der Waals surface area contributed by atoms with Gasteiger partial charge in [-0.3, -0.25) is 14.5 Å². The molecule has 4 atom stereocenters. The van der Waals surface area contributed by atoms with Gasteiger partial charge in [-0.1, -0.05) is 67.9 Å². The Morgan fingerprint density at radius 2 is 1.78 bits per heavy atom. The number of halogens is 1. The van der Waals surface area contributed by atoms with Gasteiger partial charge in [0.15, 0.2) is 6.23 Å². The Bertz CT molecular complexity index is 1220. The second kappa shape index (κ2) is 14.2. The number of nitrogens with zero attached hydrogens (tertiary/aromatic N) is 2. The van der Waals surface area contributed by atoms with E-state index < -0.39 is 24.4 Å². The van der Waals surface area contributed by atoms with Crippen molar-refractivity contribution >= 4 is 29.5 Å². The normalized spacial score (nSPS) is 20.6. The summed E-state index contributed by atoms with van der Waals surface area (Å²) in [6.07, 6.45) is 1.38. The topological polar surface area (TPSA) is 103 Å². The van der Waals surface area contributed by atoms with Crippen molar-refractivity contribution in [1.82, 2.24) is 25.8 Å². The summed E-state index contributed by atoms with van der Waals surface area (Å²) in [7, 11) is 1.70. The molecule has 222 valence electrons. The molecule has 2 aromatic carbocycles. The predicted octanol–water partition coefficient (Wildman–Crippen LogP) is 3.86. The van der Waals surface area contributed by atoms with Crippen LogP contribution in [-0.4, -0.2) is 72.7 Å². The van der Waals surface area contributed by atoms with Gasteiger partial charge >= 0.3 is 6.09 Å². The number of alkyl carbamates (subject to hydrolysis) is 1. The van der Waals surface area contributed by atoms with Crippen molar-refractivity contribution < 1.29 is 19.1 Å². The van der Waals surface area contributed by atoms with E-state index in [1.54, 1.807) is 18.9 Å². The van der Waals surface area contributed by atoms with Gasteiger partial charge in [-0.25, -0.2) is 4.79 Å². The number of carbonyl (C=O) groups excluding carboxylic acids is 3. The highest BCUT2D eigenvalue weighted by molar-refractivity contribution is 6.31. The van der Waals surface area contributed by atoms with Crippen molar-refractivity contribution in [1.29, 1.82) is 0 Å². The van der Waals surface area contributed by atoms with Crippen molar-refractivity contribution in [2.75, 3.05) is 26.7 Å². The van der Waals surface area contributed by atoms with Crippen molar-refractivity contribution in [3.8, 4) is 0 Å². The molecule has 0 bridgehead atoms. The molecule has 3 amide bonds. The molecule has 0 radical (unpaired) electrons. The van der Waals surface area contributed by atoms with Crippen LogP contribution >= 0.6 is 11.6 Å². The summed E-state index contributed by atoms with van der Waals surface area (Å²) >= 11 is 6.42. The predicted molar refractivity (Wildman–Crippen MR) is 159 cm³/mol. The first-order valence-corrected chi connectivity index (χ1v) is 14.8. The Kier molecular flexibility index (Phi) is 10.6. The number of amides is 3. The molecule has 3 N–H and O–H groups in total. The van der Waals surface area contributed by atoms with Crippen LogP contribution in [0.3, 0.4) is 0 Å². The molecule has 1 saturated heterocycles. The van der Waals surface area contributed by atoms with Crippen molar-refractivity contribution in [3.05, 3.63) is 70.2 Å². The van der Waals surface area contributed by atoms with Crippen molar-refractivity contribution in [2.24, 2.45) is 5.92 Å². The standard InChI is InChI=1S/C31H42ClN5O4/c1-20(2)28(35-29(38)21(3)33-4)30(39)37-17-16-36(18-23-11-6-8-14-25(23)32)19-27(37)41-31(40)34-26-15-9-12-22-10-5-7-13-24(22)26/h5-8,10-11,13-14,20-21,26-28,33H,9,12,15-19H2,1-4H3,(H,34,40)(H,35,38)/t21-,26?,27-,28-/m0/s1. The fraction of sp³-hybridized carbons (Fsp3) is 0.516. The first-order valence-electron chi connectivity index (χ1n) is 14.5. The fourth-order valence-corrected chi connectivity index (χ4v) is 5.67. The molecular formula is C31H42ClN5O4. The van der Waals surface area contributed by atoms with Crippen LogP contribution in [0.25, 0.3) is 0 Å². The Morgan fingerprint density at radius 3 is 2.51 bits per heavy atom. The van der Waals surface area contributed by atoms with E-state index in [-0.39, 0.29) is 23.8 Å². The number of benzene rings is 2. The Hall–Kier alpha value is -3.14. The number of likely N-dealkylation sites (N-methyl/N-ethyl adjacent to an activating group) is 1.